The first-order valence-electron chi connectivity index (χ1n) is 12.0. The number of amides is 2. The Kier molecular flexibility index (Phi) is 5.93. The van der Waals surface area contributed by atoms with Crippen LogP contribution in [0, 0.1) is 0 Å². The van der Waals surface area contributed by atoms with Gasteiger partial charge in [0.05, 0.1) is 33.3 Å². The van der Waals surface area contributed by atoms with Gasteiger partial charge in [0.2, 0.25) is 5.91 Å². The Morgan fingerprint density at radius 2 is 1.87 bits per heavy atom. The van der Waals surface area contributed by atoms with E-state index in [-0.39, 0.29) is 11.8 Å². The molecule has 0 saturated heterocycles. The normalized spacial score (nSPS) is 11.9. The van der Waals surface area contributed by atoms with Crippen LogP contribution < -0.4 is 16.4 Å². The van der Waals surface area contributed by atoms with E-state index in [0.29, 0.717) is 27.8 Å². The van der Waals surface area contributed by atoms with Crippen molar-refractivity contribution in [3.05, 3.63) is 89.9 Å². The van der Waals surface area contributed by atoms with Crippen molar-refractivity contribution < 1.29 is 9.59 Å². The topological polar surface area (TPSA) is 128 Å². The molecule has 0 atom stereocenters. The number of nitrogens with zero attached hydrogens (tertiary/aromatic N) is 4. The summed E-state index contributed by atoms with van der Waals surface area (Å²) in [7, 11) is 0. The number of hydrogen-bond donors (Lipinski definition) is 3. The number of hydrogen-bond acceptors (Lipinski definition) is 7. The van der Waals surface area contributed by atoms with Crippen molar-refractivity contribution in [1.29, 1.82) is 0 Å². The van der Waals surface area contributed by atoms with Gasteiger partial charge in [-0.25, -0.2) is 9.67 Å². The number of para-hydroxylation sites is 1. The molecule has 0 unspecified atom stereocenters. The Bertz CT molecular complexity index is 1680. The van der Waals surface area contributed by atoms with Crippen molar-refractivity contribution >= 4 is 39.7 Å². The molecule has 38 heavy (non-hydrogen) atoms. The van der Waals surface area contributed by atoms with Crippen LogP contribution in [0.1, 0.15) is 28.5 Å². The second-order valence-electron chi connectivity index (χ2n) is 8.90. The van der Waals surface area contributed by atoms with Crippen LogP contribution >= 0.6 is 11.3 Å². The van der Waals surface area contributed by atoms with Crippen LogP contribution in [-0.4, -0.2) is 31.6 Å². The van der Waals surface area contributed by atoms with Gasteiger partial charge < -0.3 is 16.4 Å². The summed E-state index contributed by atoms with van der Waals surface area (Å²) in [5.74, 6) is -0.424. The van der Waals surface area contributed by atoms with E-state index in [0.717, 1.165) is 45.9 Å². The fourth-order valence-corrected chi connectivity index (χ4v) is 5.71. The lowest BCUT2D eigenvalue weighted by molar-refractivity contribution is -0.114. The van der Waals surface area contributed by atoms with Crippen molar-refractivity contribution in [2.75, 3.05) is 16.4 Å². The number of pyridine rings is 1. The molecule has 6 rings (SSSR count). The van der Waals surface area contributed by atoms with E-state index in [1.54, 1.807) is 30.6 Å². The van der Waals surface area contributed by atoms with Crippen LogP contribution in [-0.2, 0) is 17.6 Å². The van der Waals surface area contributed by atoms with E-state index in [4.69, 9.17) is 10.8 Å². The molecule has 2 aromatic carbocycles. The molecular weight excluding hydrogens is 498 g/mol. The van der Waals surface area contributed by atoms with Gasteiger partial charge in [-0.05, 0) is 55.3 Å². The summed E-state index contributed by atoms with van der Waals surface area (Å²) in [5.41, 5.74) is 13.3. The van der Waals surface area contributed by atoms with Crippen molar-refractivity contribution in [3.63, 3.8) is 0 Å². The monoisotopic (exact) mass is 521 g/mol. The van der Waals surface area contributed by atoms with E-state index in [2.05, 4.69) is 20.6 Å². The fraction of sp³-hybridized carbons (Fsp3) is 0.107. The number of benzene rings is 2. The number of thiazole rings is 1. The average molecular weight is 522 g/mol. The first-order chi connectivity index (χ1) is 18.5. The maximum Gasteiger partial charge on any atom is 0.255 e. The summed E-state index contributed by atoms with van der Waals surface area (Å²) >= 11 is 1.41. The Labute approximate surface area is 222 Å². The van der Waals surface area contributed by atoms with Crippen molar-refractivity contribution in [2.24, 2.45) is 0 Å². The van der Waals surface area contributed by atoms with Gasteiger partial charge in [0.25, 0.3) is 5.91 Å². The number of nitrogens with two attached hydrogens (primary N) is 1. The number of anilines is 3. The minimum absolute atomic E-state index is 0.172. The number of aryl methyl sites for hydroxylation is 1. The molecule has 188 valence electrons. The van der Waals surface area contributed by atoms with Crippen molar-refractivity contribution in [2.45, 2.75) is 19.8 Å². The molecule has 5 aromatic rings. The molecule has 4 N–H and O–H groups in total. The molecule has 3 aromatic heterocycles. The molecule has 0 saturated carbocycles. The third-order valence-electron chi connectivity index (χ3n) is 6.28. The number of rotatable bonds is 5. The van der Waals surface area contributed by atoms with Gasteiger partial charge in [0.1, 0.15) is 0 Å². The summed E-state index contributed by atoms with van der Waals surface area (Å²) in [4.78, 5) is 34.4. The number of carbonyl (C=O) groups excluding carboxylic acids is 2. The lowest BCUT2D eigenvalue weighted by Gasteiger charge is -2.15. The number of carbonyl (C=O) groups is 2. The first-order valence-corrected chi connectivity index (χ1v) is 12.9. The van der Waals surface area contributed by atoms with E-state index in [1.807, 2.05) is 47.1 Å². The average Bonchev–Trinajstić information content (AvgIpc) is 3.50. The minimum Gasteiger partial charge on any atom is -0.397 e. The highest BCUT2D eigenvalue weighted by molar-refractivity contribution is 7.19. The highest BCUT2D eigenvalue weighted by atomic mass is 32.1. The van der Waals surface area contributed by atoms with Crippen molar-refractivity contribution in [1.82, 2.24) is 19.7 Å². The van der Waals surface area contributed by atoms with Crippen LogP contribution in [0.3, 0.4) is 0 Å². The Balaban J connectivity index is 1.45. The van der Waals surface area contributed by atoms with Crippen molar-refractivity contribution in [3.8, 4) is 27.5 Å². The predicted molar refractivity (Wildman–Crippen MR) is 148 cm³/mol. The molecule has 10 heteroatoms. The van der Waals surface area contributed by atoms with Crippen LogP contribution in [0.5, 0.6) is 0 Å². The number of nitrogen functional groups attached to an aromatic ring is 1. The molecule has 0 bridgehead atoms. The molecule has 0 spiro atoms. The van der Waals surface area contributed by atoms with Gasteiger partial charge in [-0.2, -0.15) is 5.10 Å². The lowest BCUT2D eigenvalue weighted by atomic mass is 9.95. The molecule has 1 aliphatic carbocycles. The number of aromatic nitrogens is 4. The summed E-state index contributed by atoms with van der Waals surface area (Å²) in [6, 6.07) is 18.3. The molecule has 0 fully saturated rings. The van der Waals surface area contributed by atoms with E-state index < -0.39 is 0 Å². The van der Waals surface area contributed by atoms with Gasteiger partial charge in [0.15, 0.2) is 5.13 Å². The molecule has 3 heterocycles. The fourth-order valence-electron chi connectivity index (χ4n) is 4.60. The van der Waals surface area contributed by atoms with Crippen LogP contribution in [0.2, 0.25) is 0 Å². The molecular formula is C28H23N7O2S. The van der Waals surface area contributed by atoms with E-state index in [9.17, 15) is 9.59 Å². The Morgan fingerprint density at radius 1 is 1.03 bits per heavy atom. The number of nitrogens with one attached hydrogen (secondary N) is 2. The third-order valence-corrected chi connectivity index (χ3v) is 7.30. The molecule has 9 nitrogen and oxygen atoms in total. The third kappa shape index (κ3) is 4.31. The summed E-state index contributed by atoms with van der Waals surface area (Å²) in [6.45, 7) is 1.47. The standard InChI is InChI=1S/C28H23N7O2S/c1-16(36)31-28-33-22-11-10-20-24(18-6-5-13-30-15-18)34-35(25(20)26(22)38-28)23-12-9-17(14-21(23)29)27(37)32-19-7-3-2-4-8-19/h2-9,12-15H,10-11,29H2,1H3,(H,32,37)(H,31,33,36). The summed E-state index contributed by atoms with van der Waals surface area (Å²) in [5, 5.41) is 11.2. The molecule has 0 aliphatic heterocycles. The highest BCUT2D eigenvalue weighted by Gasteiger charge is 2.30. The zero-order chi connectivity index (χ0) is 26.2. The zero-order valence-corrected chi connectivity index (χ0v) is 21.2. The lowest BCUT2D eigenvalue weighted by Crippen LogP contribution is -2.13. The smallest absolute Gasteiger partial charge is 0.255 e. The van der Waals surface area contributed by atoms with Gasteiger partial charge in [-0.15, -0.1) is 0 Å². The van der Waals surface area contributed by atoms with Gasteiger partial charge in [-0.3, -0.25) is 14.6 Å². The van der Waals surface area contributed by atoms with Crippen LogP contribution in [0.4, 0.5) is 16.5 Å². The second kappa shape index (κ2) is 9.56. The van der Waals surface area contributed by atoms with Gasteiger partial charge >= 0.3 is 0 Å². The van der Waals surface area contributed by atoms with E-state index >= 15 is 0 Å². The second-order valence-corrected chi connectivity index (χ2v) is 9.90. The maximum absolute atomic E-state index is 12.9. The molecule has 2 amide bonds. The summed E-state index contributed by atoms with van der Waals surface area (Å²) in [6.07, 6.45) is 4.97. The Hall–Kier alpha value is -4.83. The van der Waals surface area contributed by atoms with Gasteiger partial charge in [0, 0.05) is 41.7 Å². The largest absolute Gasteiger partial charge is 0.397 e. The predicted octanol–water partition coefficient (Wildman–Crippen LogP) is 4.95. The van der Waals surface area contributed by atoms with E-state index in [1.165, 1.54) is 18.3 Å². The first kappa shape index (κ1) is 23.6. The maximum atomic E-state index is 12.9. The Morgan fingerprint density at radius 3 is 2.61 bits per heavy atom. The molecule has 1 aliphatic rings. The van der Waals surface area contributed by atoms with Crippen LogP contribution in [0.15, 0.2) is 73.1 Å². The minimum atomic E-state index is -0.252. The quantitative estimate of drug-likeness (QED) is 0.281. The van der Waals surface area contributed by atoms with Crippen LogP contribution in [0.25, 0.3) is 27.5 Å². The van der Waals surface area contributed by atoms with Gasteiger partial charge in [-0.1, -0.05) is 29.5 Å². The highest BCUT2D eigenvalue weighted by Crippen LogP contribution is 2.44. The summed E-state index contributed by atoms with van der Waals surface area (Å²) < 4.78 is 1.82. The zero-order valence-electron chi connectivity index (χ0n) is 20.4. The molecule has 0 radical (unpaired) electrons. The SMILES string of the molecule is CC(=O)Nc1nc2c(s1)-c1c(c(-c3cccnc3)nn1-c1ccc(C(=O)Nc3ccccc3)cc1N)CC2. The number of fused-ring (bicyclic) bond motifs is 3.